The molecular formula is C33H36BrN3O5S. The molecule has 0 radical (unpaired) electrons. The van der Waals surface area contributed by atoms with Crippen molar-refractivity contribution >= 4 is 67.6 Å². The van der Waals surface area contributed by atoms with Crippen LogP contribution in [0.2, 0.25) is 0 Å². The molecule has 3 amide bonds. The van der Waals surface area contributed by atoms with Crippen molar-refractivity contribution in [1.82, 2.24) is 4.90 Å². The number of carbonyl (C=O) groups excluding carboxylic acids is 3. The lowest BCUT2D eigenvalue weighted by atomic mass is 9.70. The number of anilines is 2. The molecule has 3 unspecified atom stereocenters. The maximum absolute atomic E-state index is 14.2. The number of thioether (sulfide) groups is 1. The minimum atomic E-state index is -0.728. The van der Waals surface area contributed by atoms with Gasteiger partial charge < -0.3 is 25.4 Å². The molecule has 226 valence electrons. The molecule has 3 heterocycles. The van der Waals surface area contributed by atoms with Crippen molar-refractivity contribution in [2.24, 2.45) is 11.8 Å². The summed E-state index contributed by atoms with van der Waals surface area (Å²) in [5.41, 5.74) is 1.31. The first-order valence-electron chi connectivity index (χ1n) is 14.9. The number of amides is 3. The number of aliphatic hydroxyl groups excluding tert-OH is 1. The number of carbonyl (C=O) groups is 3. The number of benzene rings is 3. The van der Waals surface area contributed by atoms with Crippen molar-refractivity contribution in [3.8, 4) is 5.75 Å². The van der Waals surface area contributed by atoms with Gasteiger partial charge >= 0.3 is 0 Å². The number of fused-ring (bicyclic) bond motifs is 2. The van der Waals surface area contributed by atoms with Crippen molar-refractivity contribution < 1.29 is 24.2 Å². The van der Waals surface area contributed by atoms with Gasteiger partial charge in [-0.3, -0.25) is 14.4 Å². The summed E-state index contributed by atoms with van der Waals surface area (Å²) in [6, 6.07) is 20.3. The molecule has 3 saturated heterocycles. The molecule has 1 spiro atoms. The Kier molecular flexibility index (Phi) is 8.71. The van der Waals surface area contributed by atoms with Gasteiger partial charge in [0, 0.05) is 34.6 Å². The van der Waals surface area contributed by atoms with Crippen LogP contribution in [-0.2, 0) is 14.4 Å². The van der Waals surface area contributed by atoms with Crippen LogP contribution in [-0.4, -0.2) is 68.4 Å². The lowest BCUT2D eigenvalue weighted by molar-refractivity contribution is -0.138. The van der Waals surface area contributed by atoms with E-state index in [1.807, 2.05) is 61.5 Å². The number of hydrogen-bond acceptors (Lipinski definition) is 6. The molecule has 6 atom stereocenters. The van der Waals surface area contributed by atoms with Crippen molar-refractivity contribution in [2.45, 2.75) is 53.5 Å². The monoisotopic (exact) mass is 665 g/mol. The van der Waals surface area contributed by atoms with E-state index in [0.717, 1.165) is 22.9 Å². The Hall–Kier alpha value is -3.08. The van der Waals surface area contributed by atoms with Crippen molar-refractivity contribution in [3.05, 3.63) is 66.7 Å². The number of hydrogen-bond donors (Lipinski definition) is 3. The van der Waals surface area contributed by atoms with E-state index in [0.29, 0.717) is 43.8 Å². The van der Waals surface area contributed by atoms with Gasteiger partial charge in [0.1, 0.15) is 11.8 Å². The predicted octanol–water partition coefficient (Wildman–Crippen LogP) is 5.44. The van der Waals surface area contributed by atoms with Gasteiger partial charge in [0.25, 0.3) is 0 Å². The van der Waals surface area contributed by atoms with E-state index in [-0.39, 0.29) is 34.4 Å². The fourth-order valence-electron chi connectivity index (χ4n) is 7.05. The van der Waals surface area contributed by atoms with E-state index in [1.54, 1.807) is 28.8 Å². The summed E-state index contributed by atoms with van der Waals surface area (Å²) in [6.07, 6.45) is 2.67. The van der Waals surface area contributed by atoms with Gasteiger partial charge in [0.15, 0.2) is 0 Å². The van der Waals surface area contributed by atoms with E-state index in [2.05, 4.69) is 26.6 Å². The number of halogens is 1. The second-order valence-corrected chi connectivity index (χ2v) is 14.2. The summed E-state index contributed by atoms with van der Waals surface area (Å²) < 4.78 is 4.80. The molecule has 43 heavy (non-hydrogen) atoms. The lowest BCUT2D eigenvalue weighted by Crippen LogP contribution is -2.52. The number of ether oxygens (including phenoxy) is 1. The standard InChI is InChI=1S/C33H36BrN3O5S/c1-2-42-24-14-12-22(13-15-24)35-30(39)26-27-32(41)37(16-6-3-7-17-38)29(33(27)19-25(34)28(26)43-33)31(40)36-23-11-10-20-8-4-5-9-21(20)18-23/h4-5,8-15,18,25-29,38H,2-3,6-7,16-17,19H2,1H3,(H,35,39)(H,36,40)/t25?,26-,27-,28-,29?,33?/m0/s1. The average Bonchev–Trinajstić information content (AvgIpc) is 3.59. The highest BCUT2D eigenvalue weighted by molar-refractivity contribution is 9.09. The third-order valence-electron chi connectivity index (χ3n) is 8.85. The second kappa shape index (κ2) is 12.5. The maximum atomic E-state index is 14.2. The Balaban J connectivity index is 1.29. The smallest absolute Gasteiger partial charge is 0.248 e. The van der Waals surface area contributed by atoms with Crippen LogP contribution in [0.25, 0.3) is 10.8 Å². The summed E-state index contributed by atoms with van der Waals surface area (Å²) in [5, 5.41) is 17.4. The molecule has 6 rings (SSSR count). The number of aliphatic hydroxyl groups is 1. The normalized spacial score (nSPS) is 27.4. The van der Waals surface area contributed by atoms with Gasteiger partial charge in [-0.1, -0.05) is 46.3 Å². The van der Waals surface area contributed by atoms with Crippen molar-refractivity contribution in [3.63, 3.8) is 0 Å². The molecule has 3 aromatic carbocycles. The predicted molar refractivity (Wildman–Crippen MR) is 174 cm³/mol. The second-order valence-electron chi connectivity index (χ2n) is 11.5. The molecular weight excluding hydrogens is 630 g/mol. The summed E-state index contributed by atoms with van der Waals surface area (Å²) in [4.78, 5) is 44.0. The number of alkyl halides is 1. The Bertz CT molecular complexity index is 1520. The first kappa shape index (κ1) is 30.0. The zero-order valence-electron chi connectivity index (χ0n) is 24.0. The third kappa shape index (κ3) is 5.53. The molecule has 10 heteroatoms. The summed E-state index contributed by atoms with van der Waals surface area (Å²) in [5.74, 6) is -1.04. The zero-order chi connectivity index (χ0) is 30.1. The molecule has 3 fully saturated rings. The molecule has 3 aromatic rings. The summed E-state index contributed by atoms with van der Waals surface area (Å²) in [6.45, 7) is 2.96. The lowest BCUT2D eigenvalue weighted by Gasteiger charge is -2.35. The topological polar surface area (TPSA) is 108 Å². The fraction of sp³-hybridized carbons (Fsp3) is 0.424. The SMILES string of the molecule is CCOc1ccc(NC(=O)[C@H]2[C@H]3C(=O)N(CCCCCO)C(C(=O)Nc4ccc5ccccc5c4)C34CC(Br)[C@@H]2S4)cc1. The highest BCUT2D eigenvalue weighted by Crippen LogP contribution is 2.67. The number of nitrogens with one attached hydrogen (secondary N) is 2. The zero-order valence-corrected chi connectivity index (χ0v) is 26.4. The third-order valence-corrected chi connectivity index (χ3v) is 12.1. The minimum Gasteiger partial charge on any atom is -0.494 e. The number of likely N-dealkylation sites (tertiary alicyclic amines) is 1. The van der Waals surface area contributed by atoms with E-state index in [1.165, 1.54) is 0 Å². The first-order chi connectivity index (χ1) is 20.9. The van der Waals surface area contributed by atoms with E-state index in [4.69, 9.17) is 4.74 Å². The van der Waals surface area contributed by atoms with Gasteiger partial charge in [-0.15, -0.1) is 11.8 Å². The highest BCUT2D eigenvalue weighted by Gasteiger charge is 2.75. The summed E-state index contributed by atoms with van der Waals surface area (Å²) >= 11 is 5.45. The fourth-order valence-corrected chi connectivity index (χ4v) is 10.7. The summed E-state index contributed by atoms with van der Waals surface area (Å²) in [7, 11) is 0. The minimum absolute atomic E-state index is 0.0112. The highest BCUT2D eigenvalue weighted by atomic mass is 79.9. The first-order valence-corrected chi connectivity index (χ1v) is 16.7. The van der Waals surface area contributed by atoms with Gasteiger partial charge in [-0.25, -0.2) is 0 Å². The molecule has 0 saturated carbocycles. The van der Waals surface area contributed by atoms with Gasteiger partial charge in [-0.05, 0) is 79.8 Å². The number of unbranched alkanes of at least 4 members (excludes halogenated alkanes) is 2. The maximum Gasteiger partial charge on any atom is 0.248 e. The molecule has 8 nitrogen and oxygen atoms in total. The van der Waals surface area contributed by atoms with Crippen LogP contribution in [0, 0.1) is 11.8 Å². The van der Waals surface area contributed by atoms with Crippen LogP contribution >= 0.6 is 27.7 Å². The molecule has 3 N–H and O–H groups in total. The van der Waals surface area contributed by atoms with E-state index in [9.17, 15) is 19.5 Å². The van der Waals surface area contributed by atoms with Crippen molar-refractivity contribution in [1.29, 1.82) is 0 Å². The van der Waals surface area contributed by atoms with Gasteiger partial charge in [0.05, 0.1) is 23.2 Å². The molecule has 3 aliphatic rings. The quantitative estimate of drug-likeness (QED) is 0.186. The van der Waals surface area contributed by atoms with E-state index < -0.39 is 22.6 Å². The molecule has 0 aliphatic carbocycles. The Morgan fingerprint density at radius 1 is 1.00 bits per heavy atom. The van der Waals surface area contributed by atoms with Gasteiger partial charge in [0.2, 0.25) is 17.7 Å². The van der Waals surface area contributed by atoms with Crippen LogP contribution < -0.4 is 15.4 Å². The van der Waals surface area contributed by atoms with E-state index >= 15 is 0 Å². The van der Waals surface area contributed by atoms with Crippen LogP contribution in [0.5, 0.6) is 5.75 Å². The average molecular weight is 667 g/mol. The Morgan fingerprint density at radius 2 is 1.72 bits per heavy atom. The molecule has 0 aromatic heterocycles. The van der Waals surface area contributed by atoms with Crippen LogP contribution in [0.4, 0.5) is 11.4 Å². The number of nitrogens with zero attached hydrogens (tertiary/aromatic N) is 1. The van der Waals surface area contributed by atoms with Crippen molar-refractivity contribution in [2.75, 3.05) is 30.4 Å². The molecule has 2 bridgehead atoms. The molecule has 3 aliphatic heterocycles. The van der Waals surface area contributed by atoms with Crippen LogP contribution in [0.3, 0.4) is 0 Å². The largest absolute Gasteiger partial charge is 0.494 e. The Labute approximate surface area is 264 Å². The van der Waals surface area contributed by atoms with Gasteiger partial charge in [-0.2, -0.15) is 0 Å². The van der Waals surface area contributed by atoms with Crippen LogP contribution in [0.15, 0.2) is 66.7 Å². The Morgan fingerprint density at radius 3 is 2.47 bits per heavy atom. The van der Waals surface area contributed by atoms with Crippen LogP contribution in [0.1, 0.15) is 32.6 Å². The number of rotatable bonds is 11.